The lowest BCUT2D eigenvalue weighted by Crippen LogP contribution is -2.17. The third-order valence-electron chi connectivity index (χ3n) is 3.85. The van der Waals surface area contributed by atoms with Crippen molar-refractivity contribution in [1.29, 1.82) is 0 Å². The number of hydrogen-bond donors (Lipinski definition) is 1. The van der Waals surface area contributed by atoms with E-state index >= 15 is 0 Å². The Bertz CT molecular complexity index is 553. The summed E-state index contributed by atoms with van der Waals surface area (Å²) in [6, 6.07) is 0. The first kappa shape index (κ1) is 10.5. The molecule has 0 aliphatic heterocycles. The predicted molar refractivity (Wildman–Crippen MR) is 65.9 cm³/mol. The molecule has 2 N–H and O–H groups in total. The summed E-state index contributed by atoms with van der Waals surface area (Å²) in [4.78, 5) is 12.5. The van der Waals surface area contributed by atoms with Crippen LogP contribution in [0.3, 0.4) is 0 Å². The van der Waals surface area contributed by atoms with Crippen LogP contribution in [0.2, 0.25) is 0 Å². The largest absolute Gasteiger partial charge is 0.382 e. The summed E-state index contributed by atoms with van der Waals surface area (Å²) in [5.41, 5.74) is 7.61. The minimum atomic E-state index is 0.327. The lowest BCUT2D eigenvalue weighted by atomic mass is 9.92. The van der Waals surface area contributed by atoms with Crippen molar-refractivity contribution in [1.82, 2.24) is 19.5 Å². The van der Waals surface area contributed by atoms with Crippen molar-refractivity contribution in [3.63, 3.8) is 0 Å². The highest BCUT2D eigenvalue weighted by atomic mass is 15.1. The second kappa shape index (κ2) is 3.42. The van der Waals surface area contributed by atoms with Gasteiger partial charge >= 0.3 is 0 Å². The van der Waals surface area contributed by atoms with Crippen molar-refractivity contribution in [2.24, 2.45) is 11.3 Å². The van der Waals surface area contributed by atoms with Gasteiger partial charge in [0, 0.05) is 6.54 Å². The Balaban J connectivity index is 1.99. The molecule has 2 aromatic rings. The smallest absolute Gasteiger partial charge is 0.165 e. The molecular weight excluding hydrogens is 214 g/mol. The number of rotatable bonds is 3. The lowest BCUT2D eigenvalue weighted by molar-refractivity contribution is 0.338. The standard InChI is InChI=1S/C12H16N5/c1-8(2)12(3-4-12)5-17-7-16-9-10(13)14-6-15-11(9)17/h6-8H,1,3-5H2,2H3,(H2,13,14,15). The first-order chi connectivity index (χ1) is 8.12. The fourth-order valence-corrected chi connectivity index (χ4v) is 2.32. The second-order valence-electron chi connectivity index (χ2n) is 5.07. The number of anilines is 1. The Labute approximate surface area is 100 Å². The molecule has 17 heavy (non-hydrogen) atoms. The van der Waals surface area contributed by atoms with Crippen molar-refractivity contribution < 1.29 is 0 Å². The number of aromatic nitrogens is 4. The molecule has 3 rings (SSSR count). The Morgan fingerprint density at radius 3 is 2.88 bits per heavy atom. The highest BCUT2D eigenvalue weighted by Crippen LogP contribution is 2.53. The molecule has 0 aromatic carbocycles. The SMILES string of the molecule is [CH2]C(C)C1(Cn2cnc3c(N)ncnc32)CC1. The molecule has 1 atom stereocenters. The fraction of sp³-hybridized carbons (Fsp3) is 0.500. The molecule has 1 saturated carbocycles. The summed E-state index contributed by atoms with van der Waals surface area (Å²) in [6.07, 6.45) is 5.76. The first-order valence-corrected chi connectivity index (χ1v) is 5.87. The summed E-state index contributed by atoms with van der Waals surface area (Å²) >= 11 is 0. The maximum atomic E-state index is 5.77. The van der Waals surface area contributed by atoms with Gasteiger partial charge in [-0.3, -0.25) is 0 Å². The fourth-order valence-electron chi connectivity index (χ4n) is 2.32. The molecule has 0 spiro atoms. The zero-order chi connectivity index (χ0) is 12.0. The molecule has 1 unspecified atom stereocenters. The van der Waals surface area contributed by atoms with Crippen LogP contribution in [0.1, 0.15) is 19.8 Å². The number of imidazole rings is 1. The van der Waals surface area contributed by atoms with Crippen LogP contribution in [0, 0.1) is 18.3 Å². The summed E-state index contributed by atoms with van der Waals surface area (Å²) in [7, 11) is 0. The van der Waals surface area contributed by atoms with E-state index in [9.17, 15) is 0 Å². The van der Waals surface area contributed by atoms with Crippen LogP contribution in [0.4, 0.5) is 5.82 Å². The topological polar surface area (TPSA) is 69.6 Å². The van der Waals surface area contributed by atoms with Gasteiger partial charge in [-0.2, -0.15) is 0 Å². The van der Waals surface area contributed by atoms with Gasteiger partial charge in [-0.05, 0) is 31.1 Å². The maximum Gasteiger partial charge on any atom is 0.165 e. The van der Waals surface area contributed by atoms with Gasteiger partial charge < -0.3 is 10.3 Å². The predicted octanol–water partition coefficient (Wildman–Crippen LogP) is 1.66. The average molecular weight is 230 g/mol. The number of nitrogens with two attached hydrogens (primary N) is 1. The second-order valence-corrected chi connectivity index (χ2v) is 5.07. The molecule has 2 heterocycles. The summed E-state index contributed by atoms with van der Waals surface area (Å²) in [5, 5.41) is 0. The van der Waals surface area contributed by atoms with Gasteiger partial charge in [-0.1, -0.05) is 6.92 Å². The van der Waals surface area contributed by atoms with Gasteiger partial charge in [0.2, 0.25) is 0 Å². The molecule has 1 radical (unpaired) electrons. The van der Waals surface area contributed by atoms with Gasteiger partial charge in [0.15, 0.2) is 11.5 Å². The minimum absolute atomic E-state index is 0.327. The Kier molecular flexibility index (Phi) is 2.11. The van der Waals surface area contributed by atoms with Crippen LogP contribution in [0.5, 0.6) is 0 Å². The van der Waals surface area contributed by atoms with Crippen LogP contribution in [-0.2, 0) is 6.54 Å². The van der Waals surface area contributed by atoms with Crippen molar-refractivity contribution in [3.8, 4) is 0 Å². The van der Waals surface area contributed by atoms with E-state index in [2.05, 4.69) is 33.4 Å². The van der Waals surface area contributed by atoms with Gasteiger partial charge in [-0.15, -0.1) is 0 Å². The third kappa shape index (κ3) is 1.57. The summed E-state index contributed by atoms with van der Waals surface area (Å²) < 4.78 is 2.07. The molecule has 5 nitrogen and oxygen atoms in total. The van der Waals surface area contributed by atoms with E-state index in [4.69, 9.17) is 5.73 Å². The van der Waals surface area contributed by atoms with Crippen LogP contribution in [-0.4, -0.2) is 19.5 Å². The van der Waals surface area contributed by atoms with Crippen molar-refractivity contribution in [2.45, 2.75) is 26.3 Å². The molecule has 5 heteroatoms. The highest BCUT2D eigenvalue weighted by Gasteiger charge is 2.45. The van der Waals surface area contributed by atoms with Crippen LogP contribution in [0.25, 0.3) is 11.2 Å². The molecular formula is C12H16N5. The van der Waals surface area contributed by atoms with Gasteiger partial charge in [-0.25, -0.2) is 15.0 Å². The van der Waals surface area contributed by atoms with E-state index in [1.165, 1.54) is 19.2 Å². The van der Waals surface area contributed by atoms with E-state index in [-0.39, 0.29) is 0 Å². The monoisotopic (exact) mass is 230 g/mol. The van der Waals surface area contributed by atoms with E-state index < -0.39 is 0 Å². The van der Waals surface area contributed by atoms with E-state index in [1.54, 1.807) is 6.33 Å². The van der Waals surface area contributed by atoms with Crippen molar-refractivity contribution >= 4 is 17.0 Å². The molecule has 2 aromatic heterocycles. The van der Waals surface area contributed by atoms with E-state index in [0.717, 1.165) is 12.2 Å². The minimum Gasteiger partial charge on any atom is -0.382 e. The molecule has 1 aliphatic carbocycles. The Hall–Kier alpha value is -1.65. The zero-order valence-corrected chi connectivity index (χ0v) is 9.93. The molecule has 89 valence electrons. The average Bonchev–Trinajstić information content (AvgIpc) is 2.96. The lowest BCUT2D eigenvalue weighted by Gasteiger charge is -2.19. The van der Waals surface area contributed by atoms with Crippen molar-refractivity contribution in [2.75, 3.05) is 5.73 Å². The number of nitrogens with zero attached hydrogens (tertiary/aromatic N) is 4. The third-order valence-corrected chi connectivity index (χ3v) is 3.85. The molecule has 0 amide bonds. The molecule has 1 aliphatic rings. The zero-order valence-electron chi connectivity index (χ0n) is 9.93. The number of hydrogen-bond acceptors (Lipinski definition) is 4. The van der Waals surface area contributed by atoms with Gasteiger partial charge in [0.25, 0.3) is 0 Å². The van der Waals surface area contributed by atoms with Crippen LogP contribution < -0.4 is 5.73 Å². The normalized spacial score (nSPS) is 17.8. The number of nitrogen functional groups attached to an aromatic ring is 1. The number of fused-ring (bicyclic) bond motifs is 1. The van der Waals surface area contributed by atoms with Gasteiger partial charge in [0.1, 0.15) is 11.8 Å². The summed E-state index contributed by atoms with van der Waals surface area (Å²) in [5.74, 6) is 0.889. The Morgan fingerprint density at radius 1 is 1.47 bits per heavy atom. The molecule has 1 fully saturated rings. The van der Waals surface area contributed by atoms with E-state index in [1.807, 2.05) is 0 Å². The highest BCUT2D eigenvalue weighted by molar-refractivity contribution is 5.81. The van der Waals surface area contributed by atoms with Crippen molar-refractivity contribution in [3.05, 3.63) is 19.6 Å². The van der Waals surface area contributed by atoms with Crippen LogP contribution in [0.15, 0.2) is 12.7 Å². The Morgan fingerprint density at radius 2 is 2.24 bits per heavy atom. The van der Waals surface area contributed by atoms with E-state index in [0.29, 0.717) is 22.7 Å². The van der Waals surface area contributed by atoms with Gasteiger partial charge in [0.05, 0.1) is 6.33 Å². The first-order valence-electron chi connectivity index (χ1n) is 5.87. The molecule has 0 saturated heterocycles. The summed E-state index contributed by atoms with van der Waals surface area (Å²) in [6.45, 7) is 7.26. The quantitative estimate of drug-likeness (QED) is 0.870. The van der Waals surface area contributed by atoms with Crippen LogP contribution >= 0.6 is 0 Å². The maximum absolute atomic E-state index is 5.77. The molecule has 0 bridgehead atoms.